The minimum Gasteiger partial charge on any atom is -0.384 e. The summed E-state index contributed by atoms with van der Waals surface area (Å²) in [4.78, 5) is 0. The summed E-state index contributed by atoms with van der Waals surface area (Å²) in [7, 11) is 0. The van der Waals surface area contributed by atoms with Gasteiger partial charge in [0.05, 0.1) is 12.2 Å². The van der Waals surface area contributed by atoms with Crippen molar-refractivity contribution in [3.8, 4) is 6.07 Å². The molecule has 0 spiro atoms. The van der Waals surface area contributed by atoms with Gasteiger partial charge >= 0.3 is 0 Å². The quantitative estimate of drug-likeness (QED) is 0.701. The van der Waals surface area contributed by atoms with Crippen LogP contribution in [0.15, 0.2) is 36.4 Å². The lowest BCUT2D eigenvalue weighted by atomic mass is 10.1. The van der Waals surface area contributed by atoms with E-state index in [1.165, 1.54) is 36.4 Å². The van der Waals surface area contributed by atoms with Crippen molar-refractivity contribution in [3.63, 3.8) is 0 Å². The zero-order chi connectivity index (χ0) is 9.68. The van der Waals surface area contributed by atoms with Crippen molar-refractivity contribution in [2.45, 2.75) is 6.10 Å². The molecular weight excluding hydrogens is 169 g/mol. The highest BCUT2D eigenvalue weighted by Gasteiger charge is 2.01. The van der Waals surface area contributed by atoms with E-state index in [9.17, 15) is 9.50 Å². The first kappa shape index (κ1) is 9.43. The van der Waals surface area contributed by atoms with E-state index in [1.807, 2.05) is 0 Å². The van der Waals surface area contributed by atoms with Gasteiger partial charge in [0.1, 0.15) is 5.82 Å². The van der Waals surface area contributed by atoms with Crippen LogP contribution >= 0.6 is 0 Å². The Morgan fingerprint density at radius 3 is 2.54 bits per heavy atom. The zero-order valence-corrected chi connectivity index (χ0v) is 6.81. The van der Waals surface area contributed by atoms with Crippen LogP contribution in [0, 0.1) is 17.1 Å². The van der Waals surface area contributed by atoms with Crippen molar-refractivity contribution in [3.05, 3.63) is 47.8 Å². The van der Waals surface area contributed by atoms with Gasteiger partial charge in [0.25, 0.3) is 0 Å². The molecule has 0 aliphatic rings. The topological polar surface area (TPSA) is 44.0 Å². The predicted molar refractivity (Wildman–Crippen MR) is 46.1 cm³/mol. The standard InChI is InChI=1S/C10H8FNO/c11-9-5-3-8(4-6-9)10(13)2-1-7-12/h1-6,10,13H/b2-1+. The maximum atomic E-state index is 12.5. The number of nitrogens with zero attached hydrogens (tertiary/aromatic N) is 1. The molecule has 2 nitrogen and oxygen atoms in total. The summed E-state index contributed by atoms with van der Waals surface area (Å²) >= 11 is 0. The molecule has 1 atom stereocenters. The Bertz CT molecular complexity index is 337. The number of rotatable bonds is 2. The molecule has 0 saturated carbocycles. The first-order valence-electron chi connectivity index (χ1n) is 3.74. The molecule has 0 amide bonds. The molecule has 0 saturated heterocycles. The third kappa shape index (κ3) is 2.69. The molecule has 0 heterocycles. The minimum absolute atomic E-state index is 0.347. The number of halogens is 1. The number of benzene rings is 1. The number of hydrogen-bond acceptors (Lipinski definition) is 2. The van der Waals surface area contributed by atoms with Crippen molar-refractivity contribution in [2.75, 3.05) is 0 Å². The van der Waals surface area contributed by atoms with Crippen molar-refractivity contribution < 1.29 is 9.50 Å². The van der Waals surface area contributed by atoms with E-state index in [2.05, 4.69) is 0 Å². The van der Waals surface area contributed by atoms with E-state index in [4.69, 9.17) is 5.26 Å². The second-order valence-electron chi connectivity index (χ2n) is 2.48. The lowest BCUT2D eigenvalue weighted by Crippen LogP contribution is -1.92. The Labute approximate surface area is 75.6 Å². The Balaban J connectivity index is 2.78. The Kier molecular flexibility index (Phi) is 3.18. The highest BCUT2D eigenvalue weighted by Crippen LogP contribution is 2.14. The van der Waals surface area contributed by atoms with Gasteiger partial charge in [-0.05, 0) is 23.8 Å². The van der Waals surface area contributed by atoms with Crippen LogP contribution in [-0.4, -0.2) is 5.11 Å². The van der Waals surface area contributed by atoms with E-state index in [0.717, 1.165) is 0 Å². The maximum absolute atomic E-state index is 12.5. The fourth-order valence-corrected chi connectivity index (χ4v) is 0.905. The van der Waals surface area contributed by atoms with E-state index < -0.39 is 6.10 Å². The summed E-state index contributed by atoms with van der Waals surface area (Å²) in [5.41, 5.74) is 0.563. The first-order valence-corrected chi connectivity index (χ1v) is 3.74. The summed E-state index contributed by atoms with van der Waals surface area (Å²) in [6, 6.07) is 7.24. The molecule has 0 aromatic heterocycles. The molecule has 0 aliphatic heterocycles. The summed E-state index contributed by atoms with van der Waals surface area (Å²) in [6.07, 6.45) is 1.68. The average molecular weight is 177 g/mol. The van der Waals surface area contributed by atoms with Crippen LogP contribution in [0.2, 0.25) is 0 Å². The van der Waals surface area contributed by atoms with Crippen LogP contribution in [0.1, 0.15) is 11.7 Å². The first-order chi connectivity index (χ1) is 6.24. The normalized spacial score (nSPS) is 12.7. The fourth-order valence-electron chi connectivity index (χ4n) is 0.905. The van der Waals surface area contributed by atoms with Gasteiger partial charge in [0.2, 0.25) is 0 Å². The van der Waals surface area contributed by atoms with Crippen molar-refractivity contribution >= 4 is 0 Å². The van der Waals surface area contributed by atoms with Gasteiger partial charge in [0.15, 0.2) is 0 Å². The number of aliphatic hydroxyl groups is 1. The molecule has 1 unspecified atom stereocenters. The monoisotopic (exact) mass is 177 g/mol. The van der Waals surface area contributed by atoms with Gasteiger partial charge in [-0.25, -0.2) is 4.39 Å². The van der Waals surface area contributed by atoms with Gasteiger partial charge in [-0.2, -0.15) is 5.26 Å². The highest BCUT2D eigenvalue weighted by molar-refractivity contribution is 5.23. The molecule has 1 aromatic rings. The third-order valence-corrected chi connectivity index (χ3v) is 1.56. The molecule has 0 fully saturated rings. The molecule has 1 rings (SSSR count). The lowest BCUT2D eigenvalue weighted by Gasteiger charge is -2.03. The summed E-state index contributed by atoms with van der Waals surface area (Å²) in [5.74, 6) is -0.347. The van der Waals surface area contributed by atoms with E-state index in [1.54, 1.807) is 6.07 Å². The molecule has 1 aromatic carbocycles. The van der Waals surface area contributed by atoms with Crippen LogP contribution in [0.4, 0.5) is 4.39 Å². The minimum atomic E-state index is -0.847. The maximum Gasteiger partial charge on any atom is 0.123 e. The molecular formula is C10H8FNO. The average Bonchev–Trinajstić information content (AvgIpc) is 2.15. The van der Waals surface area contributed by atoms with Gasteiger partial charge < -0.3 is 5.11 Å². The fraction of sp³-hybridized carbons (Fsp3) is 0.100. The van der Waals surface area contributed by atoms with Crippen molar-refractivity contribution in [2.24, 2.45) is 0 Å². The molecule has 66 valence electrons. The van der Waals surface area contributed by atoms with E-state index >= 15 is 0 Å². The third-order valence-electron chi connectivity index (χ3n) is 1.56. The largest absolute Gasteiger partial charge is 0.384 e. The van der Waals surface area contributed by atoms with Gasteiger partial charge in [0, 0.05) is 6.08 Å². The lowest BCUT2D eigenvalue weighted by molar-refractivity contribution is 0.228. The van der Waals surface area contributed by atoms with Crippen molar-refractivity contribution in [1.82, 2.24) is 0 Å². The summed E-state index contributed by atoms with van der Waals surface area (Å²) in [5, 5.41) is 17.6. The Morgan fingerprint density at radius 2 is 2.00 bits per heavy atom. The molecule has 0 radical (unpaired) electrons. The van der Waals surface area contributed by atoms with Crippen LogP contribution in [0.3, 0.4) is 0 Å². The Morgan fingerprint density at radius 1 is 1.38 bits per heavy atom. The van der Waals surface area contributed by atoms with E-state index in [-0.39, 0.29) is 5.82 Å². The molecule has 1 N–H and O–H groups in total. The van der Waals surface area contributed by atoms with Crippen LogP contribution in [0.25, 0.3) is 0 Å². The number of nitriles is 1. The SMILES string of the molecule is N#C/C=C/C(O)c1ccc(F)cc1. The highest BCUT2D eigenvalue weighted by atomic mass is 19.1. The molecule has 0 bridgehead atoms. The smallest absolute Gasteiger partial charge is 0.123 e. The van der Waals surface area contributed by atoms with Crippen LogP contribution < -0.4 is 0 Å². The van der Waals surface area contributed by atoms with E-state index in [0.29, 0.717) is 5.56 Å². The second-order valence-corrected chi connectivity index (χ2v) is 2.48. The van der Waals surface area contributed by atoms with Gasteiger partial charge in [-0.15, -0.1) is 0 Å². The zero-order valence-electron chi connectivity index (χ0n) is 6.81. The van der Waals surface area contributed by atoms with Crippen molar-refractivity contribution in [1.29, 1.82) is 5.26 Å². The second kappa shape index (κ2) is 4.39. The number of aliphatic hydroxyl groups excluding tert-OH is 1. The van der Waals surface area contributed by atoms with Gasteiger partial charge in [-0.3, -0.25) is 0 Å². The van der Waals surface area contributed by atoms with Crippen LogP contribution in [-0.2, 0) is 0 Å². The van der Waals surface area contributed by atoms with Gasteiger partial charge in [-0.1, -0.05) is 12.1 Å². The molecule has 13 heavy (non-hydrogen) atoms. The predicted octanol–water partition coefficient (Wildman–Crippen LogP) is 1.94. The summed E-state index contributed by atoms with van der Waals surface area (Å²) < 4.78 is 12.5. The van der Waals surface area contributed by atoms with Crippen LogP contribution in [0.5, 0.6) is 0 Å². The Hall–Kier alpha value is -1.66. The molecule has 3 heteroatoms. The number of allylic oxidation sites excluding steroid dienone is 1. The number of hydrogen-bond donors (Lipinski definition) is 1. The molecule has 0 aliphatic carbocycles. The summed E-state index contributed by atoms with van der Waals surface area (Å²) in [6.45, 7) is 0.